The van der Waals surface area contributed by atoms with E-state index in [1.807, 2.05) is 0 Å². The van der Waals surface area contributed by atoms with Crippen molar-refractivity contribution < 1.29 is 0 Å². The van der Waals surface area contributed by atoms with Gasteiger partial charge in [0.05, 0.1) is 0 Å². The third kappa shape index (κ3) is 5.79. The predicted molar refractivity (Wildman–Crippen MR) is 159 cm³/mol. The Morgan fingerprint density at radius 3 is 1.46 bits per heavy atom. The highest BCUT2D eigenvalue weighted by atomic mass is 15.1. The van der Waals surface area contributed by atoms with Gasteiger partial charge in [-0.05, 0) is 116 Å². The monoisotopic (exact) mass is 492 g/mol. The molecule has 0 saturated carbocycles. The molecule has 0 fully saturated rings. The van der Waals surface area contributed by atoms with Gasteiger partial charge in [-0.1, -0.05) is 24.3 Å². The van der Waals surface area contributed by atoms with E-state index in [0.29, 0.717) is 0 Å². The molecule has 37 heavy (non-hydrogen) atoms. The van der Waals surface area contributed by atoms with Crippen LogP contribution in [-0.2, 0) is 13.1 Å². The lowest BCUT2D eigenvalue weighted by Crippen LogP contribution is -2.20. The molecule has 0 aliphatic carbocycles. The van der Waals surface area contributed by atoms with Crippen LogP contribution in [0.15, 0.2) is 64.6 Å². The molecule has 2 aliphatic rings. The number of benzene rings is 3. The Morgan fingerprint density at radius 1 is 0.622 bits per heavy atom. The van der Waals surface area contributed by atoms with Crippen molar-refractivity contribution in [1.29, 1.82) is 0 Å². The summed E-state index contributed by atoms with van der Waals surface area (Å²) in [6.45, 7) is 10.4. The summed E-state index contributed by atoms with van der Waals surface area (Å²) < 4.78 is 0. The summed E-state index contributed by atoms with van der Waals surface area (Å²) in [4.78, 5) is 14.1. The van der Waals surface area contributed by atoms with E-state index in [0.717, 1.165) is 39.0 Å². The van der Waals surface area contributed by atoms with E-state index in [1.54, 1.807) is 0 Å². The van der Waals surface area contributed by atoms with Gasteiger partial charge in [-0.3, -0.25) is 9.98 Å². The topological polar surface area (TPSA) is 31.2 Å². The van der Waals surface area contributed by atoms with Gasteiger partial charge < -0.3 is 9.80 Å². The molecule has 0 atom stereocenters. The molecule has 3 aromatic carbocycles. The second-order valence-electron chi connectivity index (χ2n) is 10.9. The molecule has 0 bridgehead atoms. The minimum atomic E-state index is 0.885. The molecule has 0 aromatic heterocycles. The lowest BCUT2D eigenvalue weighted by molar-refractivity contribution is 0.896. The van der Waals surface area contributed by atoms with Gasteiger partial charge in [-0.2, -0.15) is 0 Å². The largest absolute Gasteiger partial charge is 0.370 e. The molecule has 2 aliphatic heterocycles. The Hall–Kier alpha value is -3.40. The van der Waals surface area contributed by atoms with Gasteiger partial charge in [0.1, 0.15) is 0 Å². The van der Waals surface area contributed by atoms with Crippen LogP contribution >= 0.6 is 0 Å². The molecule has 0 saturated heterocycles. The van der Waals surface area contributed by atoms with Crippen molar-refractivity contribution in [2.45, 2.75) is 59.5 Å². The van der Waals surface area contributed by atoms with Crippen molar-refractivity contribution in [3.05, 3.63) is 93.5 Å². The fourth-order valence-electron chi connectivity index (χ4n) is 5.53. The zero-order valence-corrected chi connectivity index (χ0v) is 23.1. The fourth-order valence-corrected chi connectivity index (χ4v) is 5.53. The summed E-state index contributed by atoms with van der Waals surface area (Å²) in [7, 11) is 4.39. The van der Waals surface area contributed by atoms with Gasteiger partial charge >= 0.3 is 0 Å². The first kappa shape index (κ1) is 25.3. The minimum Gasteiger partial charge on any atom is -0.370 e. The van der Waals surface area contributed by atoms with Crippen LogP contribution in [0.25, 0.3) is 0 Å². The van der Waals surface area contributed by atoms with E-state index in [1.165, 1.54) is 74.6 Å². The maximum Gasteiger partial charge on any atom is 0.0428 e. The summed E-state index contributed by atoms with van der Waals surface area (Å²) in [6, 6.07) is 20.6. The lowest BCUT2D eigenvalue weighted by Gasteiger charge is -2.26. The molecule has 3 aromatic rings. The average Bonchev–Trinajstić information content (AvgIpc) is 3.61. The molecule has 4 nitrogen and oxygen atoms in total. The highest BCUT2D eigenvalue weighted by molar-refractivity contribution is 6.02. The van der Waals surface area contributed by atoms with Crippen LogP contribution in [0.1, 0.15) is 64.6 Å². The Balaban J connectivity index is 1.30. The van der Waals surface area contributed by atoms with E-state index in [9.17, 15) is 0 Å². The van der Waals surface area contributed by atoms with Gasteiger partial charge in [-0.15, -0.1) is 0 Å². The highest BCUT2D eigenvalue weighted by Crippen LogP contribution is 2.28. The van der Waals surface area contributed by atoms with Gasteiger partial charge in [-0.25, -0.2) is 0 Å². The standard InChI is InChI=1S/C33H40N4/c1-23-16-30(36(4)21-28-12-10-26(18-24(28)2)32-8-6-14-34-32)20-31(17-23)37(5)22-29-13-11-27(19-25(29)3)33-9-7-15-35-33/h10-13,16-20H,6-9,14-15,21-22H2,1-5H3. The number of rotatable bonds is 8. The smallest absolute Gasteiger partial charge is 0.0428 e. The summed E-state index contributed by atoms with van der Waals surface area (Å²) in [5.74, 6) is 0. The Kier molecular flexibility index (Phi) is 7.45. The zero-order chi connectivity index (χ0) is 25.9. The van der Waals surface area contributed by atoms with Gasteiger partial charge in [0.2, 0.25) is 0 Å². The molecule has 2 heterocycles. The molecule has 0 unspecified atom stereocenters. The molecule has 0 N–H and O–H groups in total. The molecule has 4 heteroatoms. The number of anilines is 2. The summed E-state index contributed by atoms with van der Waals surface area (Å²) in [5.41, 5.74) is 14.3. The van der Waals surface area contributed by atoms with E-state index in [4.69, 9.17) is 0 Å². The van der Waals surface area contributed by atoms with E-state index < -0.39 is 0 Å². The van der Waals surface area contributed by atoms with Crippen LogP contribution in [0.3, 0.4) is 0 Å². The Bertz CT molecular complexity index is 1250. The Morgan fingerprint density at radius 2 is 1.08 bits per heavy atom. The SMILES string of the molecule is Cc1cc(N(C)Cc2ccc(C3=NCCC3)cc2C)cc(N(C)Cc2ccc(C3=NCCC3)cc2C)c1. The maximum atomic E-state index is 4.67. The predicted octanol–water partition coefficient (Wildman–Crippen LogP) is 7.05. The normalized spacial score (nSPS) is 15.1. The number of hydrogen-bond acceptors (Lipinski definition) is 4. The van der Waals surface area contributed by atoms with Gasteiger partial charge in [0.25, 0.3) is 0 Å². The number of aliphatic imine (C=N–C) groups is 2. The quantitative estimate of drug-likeness (QED) is 0.337. The van der Waals surface area contributed by atoms with Crippen LogP contribution in [0, 0.1) is 20.8 Å². The molecule has 192 valence electrons. The first-order chi connectivity index (χ1) is 17.9. The van der Waals surface area contributed by atoms with Crippen LogP contribution in [0.5, 0.6) is 0 Å². The van der Waals surface area contributed by atoms with Crippen molar-refractivity contribution >= 4 is 22.8 Å². The third-order valence-electron chi connectivity index (χ3n) is 7.84. The van der Waals surface area contributed by atoms with Crippen molar-refractivity contribution in [1.82, 2.24) is 0 Å². The number of aryl methyl sites for hydroxylation is 3. The van der Waals surface area contributed by atoms with Gasteiger partial charge in [0.15, 0.2) is 0 Å². The van der Waals surface area contributed by atoms with E-state index >= 15 is 0 Å². The Labute approximate surface area is 222 Å². The summed E-state index contributed by atoms with van der Waals surface area (Å²) >= 11 is 0. The number of nitrogens with zero attached hydrogens (tertiary/aromatic N) is 4. The van der Waals surface area contributed by atoms with Crippen molar-refractivity contribution in [2.24, 2.45) is 9.98 Å². The molecule has 0 spiro atoms. The molecular weight excluding hydrogens is 452 g/mol. The maximum absolute atomic E-state index is 4.67. The molecule has 0 amide bonds. The van der Waals surface area contributed by atoms with Crippen molar-refractivity contribution in [3.63, 3.8) is 0 Å². The first-order valence-corrected chi connectivity index (χ1v) is 13.7. The third-order valence-corrected chi connectivity index (χ3v) is 7.84. The van der Waals surface area contributed by atoms with Crippen LogP contribution in [0.4, 0.5) is 11.4 Å². The van der Waals surface area contributed by atoms with E-state index in [2.05, 4.69) is 109 Å². The van der Waals surface area contributed by atoms with E-state index in [-0.39, 0.29) is 0 Å². The molecule has 5 rings (SSSR count). The average molecular weight is 493 g/mol. The fraction of sp³-hybridized carbons (Fsp3) is 0.394. The van der Waals surface area contributed by atoms with Crippen molar-refractivity contribution in [2.75, 3.05) is 37.0 Å². The summed E-state index contributed by atoms with van der Waals surface area (Å²) in [5, 5.41) is 0. The second-order valence-corrected chi connectivity index (χ2v) is 10.9. The zero-order valence-electron chi connectivity index (χ0n) is 23.1. The van der Waals surface area contributed by atoms with Crippen LogP contribution < -0.4 is 9.80 Å². The first-order valence-electron chi connectivity index (χ1n) is 13.7. The van der Waals surface area contributed by atoms with Crippen LogP contribution in [0.2, 0.25) is 0 Å². The van der Waals surface area contributed by atoms with Gasteiger partial charge in [0, 0.05) is 63.1 Å². The van der Waals surface area contributed by atoms with Crippen LogP contribution in [-0.4, -0.2) is 38.6 Å². The lowest BCUT2D eigenvalue weighted by atomic mass is 10.00. The molecular formula is C33H40N4. The second kappa shape index (κ2) is 10.9. The molecule has 0 radical (unpaired) electrons. The number of hydrogen-bond donors (Lipinski definition) is 0. The summed E-state index contributed by atoms with van der Waals surface area (Å²) in [6.07, 6.45) is 4.59. The minimum absolute atomic E-state index is 0.885. The highest BCUT2D eigenvalue weighted by Gasteiger charge is 2.14. The van der Waals surface area contributed by atoms with Crippen molar-refractivity contribution in [3.8, 4) is 0 Å².